The first kappa shape index (κ1) is 15.9. The van der Waals surface area contributed by atoms with E-state index < -0.39 is 15.6 Å². The smallest absolute Gasteiger partial charge is 0.279 e. The van der Waals surface area contributed by atoms with Crippen molar-refractivity contribution >= 4 is 35.4 Å². The van der Waals surface area contributed by atoms with Crippen LogP contribution in [0.25, 0.3) is 0 Å². The lowest BCUT2D eigenvalue weighted by Gasteiger charge is -1.97. The molecule has 0 aromatic heterocycles. The first-order valence-corrected chi connectivity index (χ1v) is 5.39. The maximum atomic E-state index is 10.7. The van der Waals surface area contributed by atoms with Gasteiger partial charge < -0.3 is 0 Å². The van der Waals surface area contributed by atoms with Gasteiger partial charge in [-0.2, -0.15) is 46.8 Å². The molecule has 3 nitrogen and oxygen atoms in total. The van der Waals surface area contributed by atoms with Crippen molar-refractivity contribution in [2.24, 2.45) is 0 Å². The highest BCUT2D eigenvalue weighted by Crippen LogP contribution is 2.20. The monoisotopic (exact) mass is 258 g/mol. The highest BCUT2D eigenvalue weighted by atomic mass is 32.2. The van der Waals surface area contributed by atoms with Crippen molar-refractivity contribution in [3.05, 3.63) is 0 Å². The van der Waals surface area contributed by atoms with Crippen LogP contribution in [-0.4, -0.2) is 23.1 Å². The molecule has 13 heavy (non-hydrogen) atoms. The molecule has 0 aromatic carbocycles. The van der Waals surface area contributed by atoms with Crippen LogP contribution in [0.1, 0.15) is 13.3 Å². The third kappa shape index (κ3) is 10.3. The molecule has 82 valence electrons. The average Bonchev–Trinajstić information content (AvgIpc) is 1.84. The van der Waals surface area contributed by atoms with E-state index in [0.717, 1.165) is 6.42 Å². The lowest BCUT2D eigenvalue weighted by atomic mass is 10.6. The second-order valence-electron chi connectivity index (χ2n) is 1.81. The Morgan fingerprint density at radius 1 is 1.38 bits per heavy atom. The highest BCUT2D eigenvalue weighted by molar-refractivity contribution is 7.99. The Morgan fingerprint density at radius 2 is 1.54 bits per heavy atom. The van der Waals surface area contributed by atoms with Gasteiger partial charge in [0.05, 0.1) is 0 Å². The van der Waals surface area contributed by atoms with Gasteiger partial charge >= 0.3 is 15.6 Å². The molecule has 0 saturated carbocycles. The van der Waals surface area contributed by atoms with Crippen molar-refractivity contribution in [2.45, 2.75) is 23.4 Å². The Hall–Kier alpha value is 0.400. The van der Waals surface area contributed by atoms with Crippen LogP contribution in [0.15, 0.2) is 0 Å². The van der Waals surface area contributed by atoms with Crippen LogP contribution in [0.4, 0.5) is 13.2 Å². The maximum absolute atomic E-state index is 10.7. The summed E-state index contributed by atoms with van der Waals surface area (Å²) >= 11 is 7.92. The summed E-state index contributed by atoms with van der Waals surface area (Å²) in [5.41, 5.74) is -5.53. The molecule has 9 heteroatoms. The van der Waals surface area contributed by atoms with Gasteiger partial charge in [-0.05, 0) is 6.42 Å². The zero-order chi connectivity index (χ0) is 11.3. The molecule has 1 N–H and O–H groups in total. The number of hydrogen-bond acceptors (Lipinski definition) is 4. The third-order valence-electron chi connectivity index (χ3n) is 0.658. The fraction of sp³-hybridized carbons (Fsp3) is 1.00. The fourth-order valence-corrected chi connectivity index (χ4v) is 0. The molecule has 0 aliphatic carbocycles. The maximum Gasteiger partial charge on any atom is 0.522 e. The summed E-state index contributed by atoms with van der Waals surface area (Å²) in [6.45, 7) is 2.05. The Morgan fingerprint density at radius 3 is 1.54 bits per heavy atom. The van der Waals surface area contributed by atoms with Gasteiger partial charge in [0, 0.05) is 4.58 Å². The molecule has 0 amide bonds. The summed E-state index contributed by atoms with van der Waals surface area (Å²) in [5, 5.41) is 0. The topological polar surface area (TPSA) is 54.4 Å². The first-order chi connectivity index (χ1) is 5.52. The Balaban J connectivity index is 0. The first-order valence-electron chi connectivity index (χ1n) is 2.92. The average molecular weight is 258 g/mol. The fourth-order valence-electron chi connectivity index (χ4n) is 0. The Bertz CT molecular complexity index is 221. The van der Waals surface area contributed by atoms with Crippen LogP contribution in [0, 0.1) is 0 Å². The van der Waals surface area contributed by atoms with Crippen molar-refractivity contribution in [1.82, 2.24) is 0 Å². The van der Waals surface area contributed by atoms with E-state index in [-0.39, 0.29) is 4.58 Å². The molecular formula is C4H9F3O3S3. The zero-order valence-corrected chi connectivity index (χ0v) is 9.09. The number of hydrogen-bond donors (Lipinski definition) is 3. The van der Waals surface area contributed by atoms with Gasteiger partial charge in [-0.3, -0.25) is 4.55 Å². The predicted octanol–water partition coefficient (Wildman–Crippen LogP) is 1.98. The van der Waals surface area contributed by atoms with E-state index >= 15 is 0 Å². The minimum atomic E-state index is -5.84. The van der Waals surface area contributed by atoms with Gasteiger partial charge in [-0.25, -0.2) is 0 Å². The van der Waals surface area contributed by atoms with Crippen LogP contribution >= 0.6 is 25.3 Å². The summed E-state index contributed by atoms with van der Waals surface area (Å²) < 4.78 is 57.8. The van der Waals surface area contributed by atoms with Crippen molar-refractivity contribution in [3.63, 3.8) is 0 Å². The van der Waals surface area contributed by atoms with Crippen LogP contribution in [-0.2, 0) is 10.1 Å². The van der Waals surface area contributed by atoms with Gasteiger partial charge in [0.15, 0.2) is 0 Å². The summed E-state index contributed by atoms with van der Waals surface area (Å²) in [4.78, 5) is 0. The number of rotatable bonds is 1. The van der Waals surface area contributed by atoms with Crippen molar-refractivity contribution in [1.29, 1.82) is 0 Å². The Kier molecular flexibility index (Phi) is 7.31. The quantitative estimate of drug-likeness (QED) is 0.292. The Labute approximate surface area is 85.3 Å². The van der Waals surface area contributed by atoms with Crippen LogP contribution in [0.5, 0.6) is 0 Å². The standard InChI is InChI=1S/C3H8S2.CHF3O3S/c1-2-3(4)5;2-1(3,4)8(5,6)7/h3-5H,2H2,1H3;(H,5,6,7). The van der Waals surface area contributed by atoms with Crippen molar-refractivity contribution in [3.8, 4) is 0 Å². The molecule has 0 aromatic rings. The van der Waals surface area contributed by atoms with Gasteiger partial charge in [-0.1, -0.05) is 6.92 Å². The summed E-state index contributed by atoms with van der Waals surface area (Å²) in [5.74, 6) is 0. The van der Waals surface area contributed by atoms with E-state index in [1.807, 2.05) is 6.92 Å². The van der Waals surface area contributed by atoms with Gasteiger partial charge in [0.2, 0.25) is 0 Å². The van der Waals surface area contributed by atoms with E-state index in [1.54, 1.807) is 0 Å². The normalized spacial score (nSPS) is 12.3. The molecule has 0 bridgehead atoms. The largest absolute Gasteiger partial charge is 0.522 e. The lowest BCUT2D eigenvalue weighted by Crippen LogP contribution is -2.21. The van der Waals surface area contributed by atoms with Crippen LogP contribution in [0.3, 0.4) is 0 Å². The van der Waals surface area contributed by atoms with Crippen LogP contribution in [0.2, 0.25) is 0 Å². The third-order valence-corrected chi connectivity index (χ3v) is 1.97. The highest BCUT2D eigenvalue weighted by Gasteiger charge is 2.44. The molecule has 0 unspecified atom stereocenters. The zero-order valence-electron chi connectivity index (χ0n) is 6.48. The molecule has 0 saturated heterocycles. The number of thiol groups is 2. The summed E-state index contributed by atoms with van der Waals surface area (Å²) in [6, 6.07) is 0. The van der Waals surface area contributed by atoms with Gasteiger partial charge in [0.25, 0.3) is 0 Å². The summed E-state index contributed by atoms with van der Waals surface area (Å²) in [7, 11) is -5.84. The minimum absolute atomic E-state index is 0.273. The molecule has 0 heterocycles. The SMILES string of the molecule is CCC(S)S.O=S(=O)(O)C(F)(F)F. The molecule has 0 aliphatic heterocycles. The summed E-state index contributed by atoms with van der Waals surface area (Å²) in [6.07, 6.45) is 1.03. The lowest BCUT2D eigenvalue weighted by molar-refractivity contribution is -0.0510. The van der Waals surface area contributed by atoms with Gasteiger partial charge in [0.1, 0.15) is 0 Å². The predicted molar refractivity (Wildman–Crippen MR) is 49.7 cm³/mol. The number of alkyl halides is 3. The molecule has 0 rings (SSSR count). The molecule has 0 atom stereocenters. The van der Waals surface area contributed by atoms with Crippen LogP contribution < -0.4 is 0 Å². The molecular weight excluding hydrogens is 249 g/mol. The van der Waals surface area contributed by atoms with Gasteiger partial charge in [-0.15, -0.1) is 0 Å². The van der Waals surface area contributed by atoms with E-state index in [1.165, 1.54) is 0 Å². The molecule has 0 fully saturated rings. The second-order valence-corrected chi connectivity index (χ2v) is 4.88. The van der Waals surface area contributed by atoms with E-state index in [9.17, 15) is 13.2 Å². The van der Waals surface area contributed by atoms with Crippen molar-refractivity contribution < 1.29 is 26.1 Å². The molecule has 0 aliphatic rings. The minimum Gasteiger partial charge on any atom is -0.279 e. The van der Waals surface area contributed by atoms with E-state index in [0.29, 0.717) is 0 Å². The molecule has 0 radical (unpaired) electrons. The number of halogens is 3. The van der Waals surface area contributed by atoms with Crippen molar-refractivity contribution in [2.75, 3.05) is 0 Å². The van der Waals surface area contributed by atoms with E-state index in [2.05, 4.69) is 25.3 Å². The van der Waals surface area contributed by atoms with E-state index in [4.69, 9.17) is 13.0 Å². The molecule has 0 spiro atoms. The second kappa shape index (κ2) is 5.99.